The van der Waals surface area contributed by atoms with Crippen LogP contribution in [0.3, 0.4) is 0 Å². The fraction of sp³-hybridized carbons (Fsp3) is 0.263. The van der Waals surface area contributed by atoms with Crippen LogP contribution in [-0.4, -0.2) is 47.8 Å². The largest absolute Gasteiger partial charge is 0.368 e. The lowest BCUT2D eigenvalue weighted by Gasteiger charge is -2.38. The Morgan fingerprint density at radius 2 is 1.38 bits per heavy atom. The molecule has 2 amide bonds. The molecule has 1 saturated heterocycles. The summed E-state index contributed by atoms with van der Waals surface area (Å²) in [6.45, 7) is 2.43. The molecule has 1 fully saturated rings. The Labute approximate surface area is 141 Å². The number of nitrogens with zero attached hydrogens (tertiary/aromatic N) is 2. The molecule has 0 spiro atoms. The van der Waals surface area contributed by atoms with Crippen molar-refractivity contribution in [3.63, 3.8) is 0 Å². The second-order valence-corrected chi connectivity index (χ2v) is 5.91. The van der Waals surface area contributed by atoms with Crippen LogP contribution in [0.25, 0.3) is 0 Å². The monoisotopic (exact) mass is 323 g/mol. The van der Waals surface area contributed by atoms with Crippen molar-refractivity contribution in [2.75, 3.05) is 26.2 Å². The Kier molecular flexibility index (Phi) is 4.91. The van der Waals surface area contributed by atoms with Gasteiger partial charge in [-0.15, -0.1) is 0 Å². The van der Waals surface area contributed by atoms with Crippen LogP contribution < -0.4 is 5.73 Å². The van der Waals surface area contributed by atoms with Gasteiger partial charge < -0.3 is 10.6 Å². The molecule has 5 heteroatoms. The van der Waals surface area contributed by atoms with E-state index in [0.29, 0.717) is 31.7 Å². The van der Waals surface area contributed by atoms with Gasteiger partial charge in [-0.25, -0.2) is 0 Å². The number of benzene rings is 2. The van der Waals surface area contributed by atoms with Gasteiger partial charge in [-0.05, 0) is 17.7 Å². The van der Waals surface area contributed by atoms with Crippen LogP contribution in [0, 0.1) is 0 Å². The van der Waals surface area contributed by atoms with Gasteiger partial charge in [-0.1, -0.05) is 48.5 Å². The highest BCUT2D eigenvalue weighted by molar-refractivity contribution is 5.94. The van der Waals surface area contributed by atoms with Crippen LogP contribution in [0.4, 0.5) is 0 Å². The number of primary amides is 1. The lowest BCUT2D eigenvalue weighted by Crippen LogP contribution is -2.51. The number of carbonyl (C=O) groups excluding carboxylic acids is 2. The summed E-state index contributed by atoms with van der Waals surface area (Å²) in [6, 6.07) is 18.4. The molecule has 2 aromatic carbocycles. The van der Waals surface area contributed by atoms with Crippen molar-refractivity contribution in [3.8, 4) is 0 Å². The zero-order valence-corrected chi connectivity index (χ0v) is 13.5. The first kappa shape index (κ1) is 16.2. The van der Waals surface area contributed by atoms with Gasteiger partial charge >= 0.3 is 0 Å². The fourth-order valence-electron chi connectivity index (χ4n) is 3.14. The van der Waals surface area contributed by atoms with Crippen molar-refractivity contribution in [1.82, 2.24) is 9.80 Å². The van der Waals surface area contributed by atoms with E-state index in [-0.39, 0.29) is 11.8 Å². The molecule has 1 aliphatic heterocycles. The second kappa shape index (κ2) is 7.27. The first-order valence-corrected chi connectivity index (χ1v) is 8.09. The Hall–Kier alpha value is -2.66. The standard InChI is InChI=1S/C19H21N3O2/c20-18(23)17(15-7-3-1-4-8-15)21-11-13-22(14-12-21)19(24)16-9-5-2-6-10-16/h1-10,17H,11-14H2,(H2,20,23)/t17-/m0/s1. The SMILES string of the molecule is NC(=O)[C@H](c1ccccc1)N1CCN(C(=O)c2ccccc2)CC1. The first-order valence-electron chi connectivity index (χ1n) is 8.09. The van der Waals surface area contributed by atoms with E-state index >= 15 is 0 Å². The highest BCUT2D eigenvalue weighted by atomic mass is 16.2. The summed E-state index contributed by atoms with van der Waals surface area (Å²) in [4.78, 5) is 28.3. The highest BCUT2D eigenvalue weighted by Crippen LogP contribution is 2.22. The van der Waals surface area contributed by atoms with Gasteiger partial charge in [-0.2, -0.15) is 0 Å². The predicted octanol–water partition coefficient (Wildman–Crippen LogP) is 1.67. The van der Waals surface area contributed by atoms with Crippen molar-refractivity contribution in [3.05, 3.63) is 71.8 Å². The molecule has 5 nitrogen and oxygen atoms in total. The maximum absolute atomic E-state index is 12.5. The van der Waals surface area contributed by atoms with Crippen LogP contribution in [-0.2, 0) is 4.79 Å². The molecule has 3 rings (SSSR count). The van der Waals surface area contributed by atoms with Crippen molar-refractivity contribution in [2.24, 2.45) is 5.73 Å². The smallest absolute Gasteiger partial charge is 0.253 e. The summed E-state index contributed by atoms with van der Waals surface area (Å²) < 4.78 is 0. The molecule has 0 aromatic heterocycles. The van der Waals surface area contributed by atoms with Gasteiger partial charge in [0.25, 0.3) is 5.91 Å². The summed E-state index contributed by atoms with van der Waals surface area (Å²) in [5.41, 5.74) is 7.21. The molecule has 0 unspecified atom stereocenters. The summed E-state index contributed by atoms with van der Waals surface area (Å²) in [6.07, 6.45) is 0. The van der Waals surface area contributed by atoms with Crippen molar-refractivity contribution in [2.45, 2.75) is 6.04 Å². The minimum absolute atomic E-state index is 0.0330. The molecule has 2 aromatic rings. The Morgan fingerprint density at radius 3 is 1.92 bits per heavy atom. The predicted molar refractivity (Wildman–Crippen MR) is 92.3 cm³/mol. The van der Waals surface area contributed by atoms with E-state index in [1.54, 1.807) is 0 Å². The van der Waals surface area contributed by atoms with Gasteiger partial charge in [0.2, 0.25) is 5.91 Å². The molecule has 0 aliphatic carbocycles. The van der Waals surface area contributed by atoms with E-state index < -0.39 is 6.04 Å². The van der Waals surface area contributed by atoms with Gasteiger partial charge in [0, 0.05) is 31.7 Å². The van der Waals surface area contributed by atoms with Crippen LogP contribution in [0.1, 0.15) is 22.0 Å². The lowest BCUT2D eigenvalue weighted by atomic mass is 10.0. The third-order valence-corrected chi connectivity index (χ3v) is 4.37. The van der Waals surface area contributed by atoms with Crippen molar-refractivity contribution < 1.29 is 9.59 Å². The van der Waals surface area contributed by atoms with E-state index in [1.807, 2.05) is 70.5 Å². The van der Waals surface area contributed by atoms with E-state index in [2.05, 4.69) is 0 Å². The van der Waals surface area contributed by atoms with Gasteiger partial charge in [0.15, 0.2) is 0 Å². The molecule has 1 atom stereocenters. The number of nitrogens with two attached hydrogens (primary N) is 1. The van der Waals surface area contributed by atoms with E-state index in [9.17, 15) is 9.59 Å². The third kappa shape index (κ3) is 3.46. The molecular formula is C19H21N3O2. The number of carbonyl (C=O) groups is 2. The third-order valence-electron chi connectivity index (χ3n) is 4.37. The zero-order chi connectivity index (χ0) is 16.9. The first-order chi connectivity index (χ1) is 11.7. The molecular weight excluding hydrogens is 302 g/mol. The minimum Gasteiger partial charge on any atom is -0.368 e. The Bertz CT molecular complexity index is 695. The van der Waals surface area contributed by atoms with Crippen molar-refractivity contribution in [1.29, 1.82) is 0 Å². The maximum atomic E-state index is 12.5. The van der Waals surface area contributed by atoms with E-state index in [0.717, 1.165) is 5.56 Å². The normalized spacial score (nSPS) is 16.6. The second-order valence-electron chi connectivity index (χ2n) is 5.91. The summed E-state index contributed by atoms with van der Waals surface area (Å²) in [5.74, 6) is -0.324. The number of hydrogen-bond acceptors (Lipinski definition) is 3. The number of amides is 2. The molecule has 0 radical (unpaired) electrons. The highest BCUT2D eigenvalue weighted by Gasteiger charge is 2.30. The van der Waals surface area contributed by atoms with Crippen LogP contribution in [0.5, 0.6) is 0 Å². The van der Waals surface area contributed by atoms with E-state index in [1.165, 1.54) is 0 Å². The summed E-state index contributed by atoms with van der Waals surface area (Å²) >= 11 is 0. The molecule has 0 bridgehead atoms. The Morgan fingerprint density at radius 1 is 0.833 bits per heavy atom. The zero-order valence-electron chi connectivity index (χ0n) is 13.5. The number of hydrogen-bond donors (Lipinski definition) is 1. The molecule has 1 aliphatic rings. The van der Waals surface area contributed by atoms with Gasteiger partial charge in [0.05, 0.1) is 0 Å². The summed E-state index contributed by atoms with van der Waals surface area (Å²) in [7, 11) is 0. The maximum Gasteiger partial charge on any atom is 0.253 e. The van der Waals surface area contributed by atoms with E-state index in [4.69, 9.17) is 5.73 Å². The van der Waals surface area contributed by atoms with Gasteiger partial charge in [0.1, 0.15) is 6.04 Å². The number of rotatable bonds is 4. The molecule has 2 N–H and O–H groups in total. The lowest BCUT2D eigenvalue weighted by molar-refractivity contribution is -0.124. The number of piperazine rings is 1. The van der Waals surface area contributed by atoms with Crippen LogP contribution in [0.2, 0.25) is 0 Å². The quantitative estimate of drug-likeness (QED) is 0.931. The van der Waals surface area contributed by atoms with Crippen LogP contribution in [0.15, 0.2) is 60.7 Å². The average molecular weight is 323 g/mol. The van der Waals surface area contributed by atoms with Gasteiger partial charge in [-0.3, -0.25) is 14.5 Å². The molecule has 24 heavy (non-hydrogen) atoms. The molecule has 124 valence electrons. The summed E-state index contributed by atoms with van der Waals surface area (Å²) in [5, 5.41) is 0. The molecule has 1 heterocycles. The fourth-order valence-corrected chi connectivity index (χ4v) is 3.14. The topological polar surface area (TPSA) is 66.6 Å². The average Bonchev–Trinajstić information content (AvgIpc) is 2.63. The minimum atomic E-state index is -0.444. The molecule has 0 saturated carbocycles. The van der Waals surface area contributed by atoms with Crippen molar-refractivity contribution >= 4 is 11.8 Å². The Balaban J connectivity index is 1.68. The van der Waals surface area contributed by atoms with Crippen LogP contribution >= 0.6 is 0 Å².